The Morgan fingerprint density at radius 2 is 2.30 bits per heavy atom. The Morgan fingerprint density at radius 3 is 3.00 bits per heavy atom. The quantitative estimate of drug-likeness (QED) is 0.450. The van der Waals surface area contributed by atoms with Crippen LogP contribution >= 0.6 is 0 Å². The second kappa shape index (κ2) is 2.64. The second-order valence-corrected chi connectivity index (χ2v) is 1.94. The van der Waals surface area contributed by atoms with Crippen molar-refractivity contribution in [2.24, 2.45) is 5.73 Å². The Bertz CT molecular complexity index is 178. The lowest BCUT2D eigenvalue weighted by atomic mass is 10.3. The monoisotopic (exact) mass is 140 g/mol. The van der Waals surface area contributed by atoms with E-state index in [1.807, 2.05) is 0 Å². The molecular weight excluding hydrogens is 132 g/mol. The van der Waals surface area contributed by atoms with Gasteiger partial charge in [-0.1, -0.05) is 12.2 Å². The van der Waals surface area contributed by atoms with Gasteiger partial charge < -0.3 is 5.73 Å². The Balaban J connectivity index is 2.79. The average molecular weight is 140 g/mol. The van der Waals surface area contributed by atoms with E-state index in [4.69, 9.17) is 10.9 Å². The third kappa shape index (κ3) is 1.23. The highest BCUT2D eigenvalue weighted by Crippen LogP contribution is 1.97. The molecule has 0 bridgehead atoms. The normalized spacial score (nSPS) is 25.2. The molecule has 0 radical (unpaired) electrons. The van der Waals surface area contributed by atoms with Crippen LogP contribution < -0.4 is 5.73 Å². The molecule has 0 aromatic heterocycles. The molecule has 1 atom stereocenters. The Labute approximate surface area is 58.2 Å². The van der Waals surface area contributed by atoms with Gasteiger partial charge in [-0.05, 0) is 6.08 Å². The number of hydroxylamine groups is 2. The summed E-state index contributed by atoms with van der Waals surface area (Å²) >= 11 is 0. The number of rotatable bonds is 0. The molecule has 1 aliphatic heterocycles. The van der Waals surface area contributed by atoms with Gasteiger partial charge in [0.15, 0.2) is 0 Å². The third-order valence-corrected chi connectivity index (χ3v) is 1.17. The van der Waals surface area contributed by atoms with Crippen LogP contribution in [-0.4, -0.2) is 22.2 Å². The van der Waals surface area contributed by atoms with Crippen LogP contribution in [-0.2, 0) is 4.79 Å². The molecule has 1 heterocycles. The predicted octanol–water partition coefficient (Wildman–Crippen LogP) is -0.385. The molecule has 3 N–H and O–H groups in total. The van der Waals surface area contributed by atoms with E-state index in [1.54, 1.807) is 6.08 Å². The fraction of sp³-hybridized carbons (Fsp3) is 0.167. The van der Waals surface area contributed by atoms with Gasteiger partial charge >= 0.3 is 0 Å². The van der Waals surface area contributed by atoms with Gasteiger partial charge in [-0.2, -0.15) is 5.06 Å². The van der Waals surface area contributed by atoms with E-state index in [0.717, 1.165) is 0 Å². The minimum Gasteiger partial charge on any atom is -0.317 e. The smallest absolute Gasteiger partial charge is 0.270 e. The summed E-state index contributed by atoms with van der Waals surface area (Å²) in [5.41, 5.74) is 5.29. The van der Waals surface area contributed by atoms with Crippen molar-refractivity contribution < 1.29 is 10.0 Å². The second-order valence-electron chi connectivity index (χ2n) is 1.94. The molecule has 0 aliphatic carbocycles. The van der Waals surface area contributed by atoms with Crippen molar-refractivity contribution in [2.75, 3.05) is 0 Å². The van der Waals surface area contributed by atoms with Crippen LogP contribution in [0.3, 0.4) is 0 Å². The van der Waals surface area contributed by atoms with Crippen molar-refractivity contribution in [1.82, 2.24) is 5.06 Å². The minimum absolute atomic E-state index is 0.477. The molecular formula is C6H8N2O2. The number of allylic oxidation sites excluding steroid dienone is 2. The Hall–Kier alpha value is -1.13. The van der Waals surface area contributed by atoms with Crippen LogP contribution in [0, 0.1) is 0 Å². The highest BCUT2D eigenvalue weighted by molar-refractivity contribution is 5.83. The summed E-state index contributed by atoms with van der Waals surface area (Å²) in [6, 6.07) is -0.736. The van der Waals surface area contributed by atoms with E-state index in [9.17, 15) is 4.79 Å². The molecule has 1 amide bonds. The van der Waals surface area contributed by atoms with Gasteiger partial charge in [0, 0.05) is 6.20 Å². The zero-order valence-corrected chi connectivity index (χ0v) is 5.27. The van der Waals surface area contributed by atoms with Gasteiger partial charge in [-0.15, -0.1) is 0 Å². The first-order chi connectivity index (χ1) is 4.72. The van der Waals surface area contributed by atoms with E-state index in [0.29, 0.717) is 5.06 Å². The summed E-state index contributed by atoms with van der Waals surface area (Å²) in [6.45, 7) is 0. The van der Waals surface area contributed by atoms with Crippen molar-refractivity contribution in [3.8, 4) is 0 Å². The van der Waals surface area contributed by atoms with Crippen molar-refractivity contribution >= 4 is 5.91 Å². The first-order valence-electron chi connectivity index (χ1n) is 2.84. The maximum atomic E-state index is 10.8. The van der Waals surface area contributed by atoms with Crippen LogP contribution in [0.5, 0.6) is 0 Å². The molecule has 1 unspecified atom stereocenters. The van der Waals surface area contributed by atoms with Crippen LogP contribution in [0.25, 0.3) is 0 Å². The topological polar surface area (TPSA) is 66.6 Å². The molecule has 1 aliphatic rings. The molecule has 0 saturated heterocycles. The highest BCUT2D eigenvalue weighted by Gasteiger charge is 2.15. The van der Waals surface area contributed by atoms with Crippen molar-refractivity contribution in [1.29, 1.82) is 0 Å². The SMILES string of the molecule is NC1C=CC=CN(O)C1=O. The molecule has 1 rings (SSSR count). The van der Waals surface area contributed by atoms with Crippen molar-refractivity contribution in [3.05, 3.63) is 24.4 Å². The summed E-state index contributed by atoms with van der Waals surface area (Å²) in [5, 5.41) is 9.28. The lowest BCUT2D eigenvalue weighted by Crippen LogP contribution is -2.37. The Kier molecular flexibility index (Phi) is 1.84. The van der Waals surface area contributed by atoms with E-state index in [-0.39, 0.29) is 0 Å². The maximum Gasteiger partial charge on any atom is 0.270 e. The number of carbonyl (C=O) groups excluding carboxylic acids is 1. The zero-order chi connectivity index (χ0) is 7.56. The molecule has 0 aromatic carbocycles. The van der Waals surface area contributed by atoms with Crippen molar-refractivity contribution in [2.45, 2.75) is 6.04 Å². The minimum atomic E-state index is -0.736. The Morgan fingerprint density at radius 1 is 1.60 bits per heavy atom. The van der Waals surface area contributed by atoms with Crippen molar-refractivity contribution in [3.63, 3.8) is 0 Å². The van der Waals surface area contributed by atoms with Gasteiger partial charge in [0.2, 0.25) is 0 Å². The number of hydrogen-bond acceptors (Lipinski definition) is 3. The summed E-state index contributed by atoms with van der Waals surface area (Å²) in [7, 11) is 0. The van der Waals surface area contributed by atoms with Crippen LogP contribution in [0.4, 0.5) is 0 Å². The van der Waals surface area contributed by atoms with Gasteiger partial charge in [0.05, 0.1) is 0 Å². The number of nitrogens with two attached hydrogens (primary N) is 1. The molecule has 0 aromatic rings. The molecule has 0 saturated carbocycles. The van der Waals surface area contributed by atoms with Crippen LogP contribution in [0.15, 0.2) is 24.4 Å². The third-order valence-electron chi connectivity index (χ3n) is 1.17. The standard InChI is InChI=1S/C6H8N2O2/c7-5-3-1-2-4-8(10)6(5)9/h1-5,10H,7H2. The van der Waals surface area contributed by atoms with E-state index in [1.165, 1.54) is 18.4 Å². The lowest BCUT2D eigenvalue weighted by Gasteiger charge is -2.10. The zero-order valence-electron chi connectivity index (χ0n) is 5.27. The first kappa shape index (κ1) is 6.98. The summed E-state index contributed by atoms with van der Waals surface area (Å²) in [5.74, 6) is -0.523. The van der Waals surface area contributed by atoms with Crippen LogP contribution in [0.1, 0.15) is 0 Å². The van der Waals surface area contributed by atoms with E-state index >= 15 is 0 Å². The molecule has 54 valence electrons. The highest BCUT2D eigenvalue weighted by atomic mass is 16.5. The van der Waals surface area contributed by atoms with Gasteiger partial charge in [0.25, 0.3) is 5.91 Å². The number of hydrogen-bond donors (Lipinski definition) is 2. The molecule has 4 nitrogen and oxygen atoms in total. The van der Waals surface area contributed by atoms with E-state index in [2.05, 4.69) is 0 Å². The predicted molar refractivity (Wildman–Crippen MR) is 34.9 cm³/mol. The number of carbonyl (C=O) groups is 1. The maximum absolute atomic E-state index is 10.8. The first-order valence-corrected chi connectivity index (χ1v) is 2.84. The average Bonchev–Trinajstić information content (AvgIpc) is 2.04. The largest absolute Gasteiger partial charge is 0.317 e. The van der Waals surface area contributed by atoms with Gasteiger partial charge in [0.1, 0.15) is 6.04 Å². The molecule has 4 heteroatoms. The van der Waals surface area contributed by atoms with E-state index < -0.39 is 11.9 Å². The lowest BCUT2D eigenvalue weighted by molar-refractivity contribution is -0.154. The fourth-order valence-electron chi connectivity index (χ4n) is 0.624. The van der Waals surface area contributed by atoms with Crippen LogP contribution in [0.2, 0.25) is 0 Å². The summed E-state index contributed by atoms with van der Waals surface area (Å²) in [6.07, 6.45) is 5.89. The summed E-state index contributed by atoms with van der Waals surface area (Å²) in [4.78, 5) is 10.8. The number of nitrogens with zero attached hydrogens (tertiary/aromatic N) is 1. The molecule has 10 heavy (non-hydrogen) atoms. The fourth-order valence-corrected chi connectivity index (χ4v) is 0.624. The molecule has 0 spiro atoms. The molecule has 0 fully saturated rings. The number of amides is 1. The van der Waals surface area contributed by atoms with Gasteiger partial charge in [-0.25, -0.2) is 0 Å². The van der Waals surface area contributed by atoms with Gasteiger partial charge in [-0.3, -0.25) is 10.0 Å². The summed E-state index contributed by atoms with van der Waals surface area (Å²) < 4.78 is 0.